The molecule has 1 aliphatic rings. The number of hydrazine groups is 1. The molecule has 9 heteroatoms. The van der Waals surface area contributed by atoms with Crippen molar-refractivity contribution < 1.29 is 13.3 Å². The Morgan fingerprint density at radius 1 is 1.48 bits per heavy atom. The minimum absolute atomic E-state index is 0.0140. The van der Waals surface area contributed by atoms with Crippen LogP contribution in [0.15, 0.2) is 23.1 Å². The van der Waals surface area contributed by atoms with Crippen molar-refractivity contribution in [3.05, 3.63) is 28.3 Å². The highest BCUT2D eigenvalue weighted by molar-refractivity contribution is 7.89. The van der Waals surface area contributed by atoms with Gasteiger partial charge >= 0.3 is 0 Å². The SMILES string of the molecule is CCCN(C1CC1)S(=O)(=O)c1cc([N+](=O)[O-])ccc1NN. The molecule has 1 aromatic rings. The van der Waals surface area contributed by atoms with Gasteiger partial charge in [-0.2, -0.15) is 4.31 Å². The predicted octanol–water partition coefficient (Wildman–Crippen LogP) is 1.44. The van der Waals surface area contributed by atoms with Gasteiger partial charge in [-0.15, -0.1) is 0 Å². The summed E-state index contributed by atoms with van der Waals surface area (Å²) in [6.45, 7) is 2.28. The minimum Gasteiger partial charge on any atom is -0.323 e. The van der Waals surface area contributed by atoms with E-state index in [1.54, 1.807) is 0 Å². The Morgan fingerprint density at radius 2 is 2.14 bits per heavy atom. The molecule has 0 atom stereocenters. The highest BCUT2D eigenvalue weighted by atomic mass is 32.2. The van der Waals surface area contributed by atoms with Gasteiger partial charge in [0.05, 0.1) is 10.6 Å². The number of non-ortho nitro benzene ring substituents is 1. The van der Waals surface area contributed by atoms with Crippen molar-refractivity contribution in [2.75, 3.05) is 12.0 Å². The van der Waals surface area contributed by atoms with Crippen LogP contribution in [0.1, 0.15) is 26.2 Å². The molecule has 116 valence electrons. The Balaban J connectivity index is 2.51. The quantitative estimate of drug-likeness (QED) is 0.446. The lowest BCUT2D eigenvalue weighted by Crippen LogP contribution is -2.34. The molecule has 0 aliphatic heterocycles. The standard InChI is InChI=1S/C12H18N4O4S/c1-2-7-15(9-3-4-9)21(19,20)12-8-10(16(17)18)5-6-11(12)14-13/h5-6,8-9,14H,2-4,7,13H2,1H3. The number of benzene rings is 1. The van der Waals surface area contributed by atoms with Crippen LogP contribution in [0.5, 0.6) is 0 Å². The number of anilines is 1. The number of nitrogens with two attached hydrogens (primary N) is 1. The second-order valence-electron chi connectivity index (χ2n) is 4.93. The lowest BCUT2D eigenvalue weighted by atomic mass is 10.3. The van der Waals surface area contributed by atoms with E-state index >= 15 is 0 Å². The second-order valence-corrected chi connectivity index (χ2v) is 6.79. The van der Waals surface area contributed by atoms with Crippen molar-refractivity contribution in [3.8, 4) is 0 Å². The first kappa shape index (κ1) is 15.7. The summed E-state index contributed by atoms with van der Waals surface area (Å²) in [5.74, 6) is 5.34. The molecule has 21 heavy (non-hydrogen) atoms. The van der Waals surface area contributed by atoms with Crippen molar-refractivity contribution in [2.24, 2.45) is 5.84 Å². The molecule has 0 heterocycles. The van der Waals surface area contributed by atoms with Crippen molar-refractivity contribution in [1.29, 1.82) is 0 Å². The van der Waals surface area contributed by atoms with E-state index < -0.39 is 14.9 Å². The minimum atomic E-state index is -3.81. The molecule has 2 rings (SSSR count). The van der Waals surface area contributed by atoms with Gasteiger partial charge in [0.2, 0.25) is 10.0 Å². The van der Waals surface area contributed by atoms with E-state index in [1.165, 1.54) is 16.4 Å². The van der Waals surface area contributed by atoms with Crippen molar-refractivity contribution in [3.63, 3.8) is 0 Å². The third-order valence-corrected chi connectivity index (χ3v) is 5.31. The molecular weight excluding hydrogens is 296 g/mol. The molecule has 0 amide bonds. The van der Waals surface area contributed by atoms with E-state index in [1.807, 2.05) is 6.92 Å². The van der Waals surface area contributed by atoms with Gasteiger partial charge in [-0.1, -0.05) is 6.92 Å². The van der Waals surface area contributed by atoms with E-state index in [4.69, 9.17) is 5.84 Å². The zero-order valence-electron chi connectivity index (χ0n) is 11.7. The van der Waals surface area contributed by atoms with Crippen LogP contribution < -0.4 is 11.3 Å². The summed E-state index contributed by atoms with van der Waals surface area (Å²) in [6.07, 6.45) is 2.31. The molecule has 1 aromatic carbocycles. The van der Waals surface area contributed by atoms with Crippen LogP contribution in [0, 0.1) is 10.1 Å². The molecular formula is C12H18N4O4S. The van der Waals surface area contributed by atoms with Crippen LogP contribution in [0.25, 0.3) is 0 Å². The summed E-state index contributed by atoms with van der Waals surface area (Å²) in [6, 6.07) is 3.56. The normalized spacial score (nSPS) is 15.2. The average molecular weight is 314 g/mol. The van der Waals surface area contributed by atoms with Gasteiger partial charge in [0.1, 0.15) is 4.90 Å². The zero-order chi connectivity index (χ0) is 15.6. The number of rotatable bonds is 7. The number of nitro groups is 1. The van der Waals surface area contributed by atoms with E-state index in [-0.39, 0.29) is 22.3 Å². The molecule has 0 unspecified atom stereocenters. The van der Waals surface area contributed by atoms with E-state index in [0.29, 0.717) is 13.0 Å². The second kappa shape index (κ2) is 5.96. The van der Waals surface area contributed by atoms with Gasteiger partial charge in [-0.3, -0.25) is 16.0 Å². The molecule has 1 fully saturated rings. The number of nitro benzene ring substituents is 1. The van der Waals surface area contributed by atoms with Crippen LogP contribution in [-0.2, 0) is 10.0 Å². The summed E-state index contributed by atoms with van der Waals surface area (Å²) >= 11 is 0. The topological polar surface area (TPSA) is 119 Å². The maximum absolute atomic E-state index is 12.8. The first-order valence-electron chi connectivity index (χ1n) is 6.68. The fraction of sp³-hybridized carbons (Fsp3) is 0.500. The highest BCUT2D eigenvalue weighted by Crippen LogP contribution is 2.35. The van der Waals surface area contributed by atoms with Gasteiger partial charge in [-0.25, -0.2) is 8.42 Å². The fourth-order valence-corrected chi connectivity index (χ4v) is 4.12. The summed E-state index contributed by atoms with van der Waals surface area (Å²) in [7, 11) is -3.81. The Morgan fingerprint density at radius 3 is 2.62 bits per heavy atom. The number of sulfonamides is 1. The van der Waals surface area contributed by atoms with Crippen LogP contribution in [0.3, 0.4) is 0 Å². The molecule has 8 nitrogen and oxygen atoms in total. The number of nitrogens with zero attached hydrogens (tertiary/aromatic N) is 2. The first-order valence-corrected chi connectivity index (χ1v) is 8.12. The van der Waals surface area contributed by atoms with Crippen molar-refractivity contribution in [2.45, 2.75) is 37.1 Å². The zero-order valence-corrected chi connectivity index (χ0v) is 12.5. The third kappa shape index (κ3) is 3.14. The van der Waals surface area contributed by atoms with Crippen molar-refractivity contribution in [1.82, 2.24) is 4.31 Å². The molecule has 0 saturated heterocycles. The van der Waals surface area contributed by atoms with Crippen LogP contribution >= 0.6 is 0 Å². The molecule has 0 spiro atoms. The third-order valence-electron chi connectivity index (χ3n) is 3.32. The van der Waals surface area contributed by atoms with Crippen molar-refractivity contribution >= 4 is 21.4 Å². The smallest absolute Gasteiger partial charge is 0.270 e. The van der Waals surface area contributed by atoms with Crippen LogP contribution in [0.2, 0.25) is 0 Å². The van der Waals surface area contributed by atoms with Crippen LogP contribution in [0.4, 0.5) is 11.4 Å². The maximum atomic E-state index is 12.8. The molecule has 0 bridgehead atoms. The first-order chi connectivity index (χ1) is 9.91. The Hall–Kier alpha value is -1.71. The molecule has 1 saturated carbocycles. The van der Waals surface area contributed by atoms with Gasteiger partial charge in [0.25, 0.3) is 5.69 Å². The predicted molar refractivity (Wildman–Crippen MR) is 78.1 cm³/mol. The van der Waals surface area contributed by atoms with Gasteiger partial charge in [0.15, 0.2) is 0 Å². The number of hydrogen-bond donors (Lipinski definition) is 2. The lowest BCUT2D eigenvalue weighted by Gasteiger charge is -2.22. The van der Waals surface area contributed by atoms with Gasteiger partial charge in [-0.05, 0) is 25.3 Å². The van der Waals surface area contributed by atoms with E-state index in [0.717, 1.165) is 18.9 Å². The molecule has 1 aliphatic carbocycles. The summed E-state index contributed by atoms with van der Waals surface area (Å²) < 4.78 is 26.9. The Bertz CT molecular complexity index is 643. The largest absolute Gasteiger partial charge is 0.323 e. The molecule has 3 N–H and O–H groups in total. The average Bonchev–Trinajstić information content (AvgIpc) is 3.28. The summed E-state index contributed by atoms with van der Waals surface area (Å²) in [4.78, 5) is 10.1. The lowest BCUT2D eigenvalue weighted by molar-refractivity contribution is -0.385. The number of nitrogens with one attached hydrogen (secondary N) is 1. The van der Waals surface area contributed by atoms with Gasteiger partial charge in [0, 0.05) is 24.7 Å². The monoisotopic (exact) mass is 314 g/mol. The Kier molecular flexibility index (Phi) is 4.45. The number of hydrogen-bond acceptors (Lipinski definition) is 6. The fourth-order valence-electron chi connectivity index (χ4n) is 2.17. The Labute approximate surface area is 123 Å². The summed E-state index contributed by atoms with van der Waals surface area (Å²) in [5, 5.41) is 10.9. The van der Waals surface area contributed by atoms with Gasteiger partial charge < -0.3 is 5.43 Å². The van der Waals surface area contributed by atoms with E-state index in [2.05, 4.69) is 5.43 Å². The number of nitrogen functional groups attached to an aromatic ring is 1. The maximum Gasteiger partial charge on any atom is 0.270 e. The molecule has 0 aromatic heterocycles. The summed E-state index contributed by atoms with van der Waals surface area (Å²) in [5.41, 5.74) is 2.17. The highest BCUT2D eigenvalue weighted by Gasteiger charge is 2.38. The van der Waals surface area contributed by atoms with Crippen LogP contribution in [-0.4, -0.2) is 30.2 Å². The molecule has 0 radical (unpaired) electrons. The van der Waals surface area contributed by atoms with E-state index in [9.17, 15) is 18.5 Å².